The second-order valence-corrected chi connectivity index (χ2v) is 7.16. The average molecular weight is 268 g/mol. The monoisotopic (exact) mass is 268 g/mol. The van der Waals surface area contributed by atoms with Gasteiger partial charge in [-0.2, -0.15) is 0 Å². The standard InChI is InChI=1S/C14H24N2OS/c1-14(6-8-17-9-7-14)16-13-15-12-5-3-2-4-11(12)10-18-13/h11-12H,2-10H2,1H3,(H,15,16). The lowest BCUT2D eigenvalue weighted by Gasteiger charge is -2.39. The number of fused-ring (bicyclic) bond motifs is 1. The molecular formula is C14H24N2OS. The van der Waals surface area contributed by atoms with Crippen molar-refractivity contribution in [1.29, 1.82) is 0 Å². The van der Waals surface area contributed by atoms with E-state index in [4.69, 9.17) is 9.73 Å². The first kappa shape index (κ1) is 12.8. The molecule has 2 heterocycles. The van der Waals surface area contributed by atoms with E-state index in [2.05, 4.69) is 12.2 Å². The van der Waals surface area contributed by atoms with Crippen molar-refractivity contribution in [2.24, 2.45) is 10.9 Å². The fourth-order valence-corrected chi connectivity index (χ4v) is 4.49. The molecule has 2 fully saturated rings. The summed E-state index contributed by atoms with van der Waals surface area (Å²) in [5.41, 5.74) is 0.200. The molecule has 2 atom stereocenters. The number of amidine groups is 1. The van der Waals surface area contributed by atoms with E-state index < -0.39 is 0 Å². The molecule has 2 aliphatic heterocycles. The Hall–Kier alpha value is -0.220. The highest BCUT2D eigenvalue weighted by molar-refractivity contribution is 8.13. The van der Waals surface area contributed by atoms with Crippen molar-refractivity contribution in [3.63, 3.8) is 0 Å². The fraction of sp³-hybridized carbons (Fsp3) is 0.929. The van der Waals surface area contributed by atoms with E-state index in [9.17, 15) is 0 Å². The maximum absolute atomic E-state index is 5.45. The maximum Gasteiger partial charge on any atom is 0.157 e. The maximum atomic E-state index is 5.45. The minimum absolute atomic E-state index is 0.200. The fourth-order valence-electron chi connectivity index (χ4n) is 3.20. The highest BCUT2D eigenvalue weighted by Crippen LogP contribution is 2.34. The number of nitrogens with one attached hydrogen (secondary N) is 1. The summed E-state index contributed by atoms with van der Waals surface area (Å²) < 4.78 is 5.45. The molecule has 3 aliphatic rings. The Kier molecular flexibility index (Phi) is 3.85. The predicted octanol–water partition coefficient (Wildman–Crippen LogP) is 2.81. The summed E-state index contributed by atoms with van der Waals surface area (Å²) in [4.78, 5) is 4.97. The topological polar surface area (TPSA) is 33.6 Å². The molecule has 1 N–H and O–H groups in total. The summed E-state index contributed by atoms with van der Waals surface area (Å²) >= 11 is 1.94. The van der Waals surface area contributed by atoms with Crippen molar-refractivity contribution >= 4 is 16.9 Å². The van der Waals surface area contributed by atoms with Gasteiger partial charge in [-0.25, -0.2) is 0 Å². The Morgan fingerprint density at radius 1 is 1.28 bits per heavy atom. The van der Waals surface area contributed by atoms with Crippen LogP contribution in [0.25, 0.3) is 0 Å². The van der Waals surface area contributed by atoms with E-state index in [-0.39, 0.29) is 5.54 Å². The molecule has 102 valence electrons. The number of thioether (sulfide) groups is 1. The molecule has 0 aromatic rings. The number of hydrogen-bond acceptors (Lipinski definition) is 4. The summed E-state index contributed by atoms with van der Waals surface area (Å²) in [5.74, 6) is 2.11. The van der Waals surface area contributed by atoms with Crippen LogP contribution in [0.1, 0.15) is 45.4 Å². The lowest BCUT2D eigenvalue weighted by atomic mass is 9.86. The Morgan fingerprint density at radius 2 is 2.06 bits per heavy atom. The van der Waals surface area contributed by atoms with Crippen molar-refractivity contribution in [2.45, 2.75) is 57.0 Å². The Labute approximate surface area is 114 Å². The van der Waals surface area contributed by atoms with Crippen LogP contribution in [0.3, 0.4) is 0 Å². The first-order valence-corrected chi connectivity index (χ1v) is 8.30. The van der Waals surface area contributed by atoms with Crippen molar-refractivity contribution < 1.29 is 4.74 Å². The first-order chi connectivity index (χ1) is 8.75. The normalized spacial score (nSPS) is 35.5. The zero-order chi connectivity index (χ0) is 12.4. The molecule has 1 aliphatic carbocycles. The molecule has 1 saturated carbocycles. The van der Waals surface area contributed by atoms with Gasteiger partial charge in [-0.05, 0) is 38.5 Å². The lowest BCUT2D eigenvalue weighted by Crippen LogP contribution is -2.50. The van der Waals surface area contributed by atoms with Gasteiger partial charge in [0.25, 0.3) is 0 Å². The van der Waals surface area contributed by atoms with Crippen molar-refractivity contribution in [2.75, 3.05) is 19.0 Å². The largest absolute Gasteiger partial charge is 0.381 e. The zero-order valence-corrected chi connectivity index (χ0v) is 12.1. The third-order valence-corrected chi connectivity index (χ3v) is 5.67. The van der Waals surface area contributed by atoms with Crippen LogP contribution in [0, 0.1) is 5.92 Å². The second kappa shape index (κ2) is 5.41. The van der Waals surface area contributed by atoms with Crippen LogP contribution in [0.15, 0.2) is 4.99 Å². The molecule has 0 aromatic carbocycles. The molecule has 3 nitrogen and oxygen atoms in total. The van der Waals surface area contributed by atoms with Gasteiger partial charge in [0.05, 0.1) is 6.04 Å². The van der Waals surface area contributed by atoms with Gasteiger partial charge in [-0.15, -0.1) is 0 Å². The van der Waals surface area contributed by atoms with Gasteiger partial charge in [0.15, 0.2) is 5.17 Å². The first-order valence-electron chi connectivity index (χ1n) is 7.32. The number of hydrogen-bond donors (Lipinski definition) is 1. The zero-order valence-electron chi connectivity index (χ0n) is 11.3. The van der Waals surface area contributed by atoms with Crippen molar-refractivity contribution in [1.82, 2.24) is 5.32 Å². The molecule has 3 rings (SSSR count). The molecule has 18 heavy (non-hydrogen) atoms. The highest BCUT2D eigenvalue weighted by Gasteiger charge is 2.33. The molecular weight excluding hydrogens is 244 g/mol. The third kappa shape index (κ3) is 2.85. The smallest absolute Gasteiger partial charge is 0.157 e. The summed E-state index contributed by atoms with van der Waals surface area (Å²) in [6.07, 6.45) is 7.67. The van der Waals surface area contributed by atoms with E-state index in [1.807, 2.05) is 11.8 Å². The Morgan fingerprint density at radius 3 is 2.89 bits per heavy atom. The van der Waals surface area contributed by atoms with Crippen LogP contribution in [0.4, 0.5) is 0 Å². The minimum atomic E-state index is 0.200. The third-order valence-electron chi connectivity index (χ3n) is 4.59. The van der Waals surface area contributed by atoms with Gasteiger partial charge in [-0.3, -0.25) is 4.99 Å². The quantitative estimate of drug-likeness (QED) is 0.794. The van der Waals surface area contributed by atoms with Gasteiger partial charge < -0.3 is 10.1 Å². The van der Waals surface area contributed by atoms with Crippen LogP contribution in [0.2, 0.25) is 0 Å². The van der Waals surface area contributed by atoms with E-state index in [1.54, 1.807) is 0 Å². The molecule has 0 bridgehead atoms. The van der Waals surface area contributed by atoms with Crippen LogP contribution in [-0.2, 0) is 4.74 Å². The number of nitrogens with zero attached hydrogens (tertiary/aromatic N) is 1. The molecule has 0 radical (unpaired) electrons. The molecule has 4 heteroatoms. The van der Waals surface area contributed by atoms with Gasteiger partial charge in [0, 0.05) is 24.5 Å². The SMILES string of the molecule is CC1(NC2=NC3CCCCC3CS2)CCOCC1. The number of rotatable bonds is 1. The van der Waals surface area contributed by atoms with Crippen molar-refractivity contribution in [3.8, 4) is 0 Å². The summed E-state index contributed by atoms with van der Waals surface area (Å²) in [7, 11) is 0. The summed E-state index contributed by atoms with van der Waals surface area (Å²) in [6.45, 7) is 4.08. The molecule has 0 amide bonds. The predicted molar refractivity (Wildman–Crippen MR) is 77.2 cm³/mol. The van der Waals surface area contributed by atoms with Gasteiger partial charge >= 0.3 is 0 Å². The second-order valence-electron chi connectivity index (χ2n) is 6.16. The van der Waals surface area contributed by atoms with Gasteiger partial charge in [0.2, 0.25) is 0 Å². The lowest BCUT2D eigenvalue weighted by molar-refractivity contribution is 0.0527. The molecule has 0 spiro atoms. The number of ether oxygens (including phenoxy) is 1. The molecule has 2 unspecified atom stereocenters. The van der Waals surface area contributed by atoms with Gasteiger partial charge in [-0.1, -0.05) is 24.6 Å². The van der Waals surface area contributed by atoms with E-state index in [1.165, 1.54) is 36.6 Å². The summed E-state index contributed by atoms with van der Waals surface area (Å²) in [5, 5.41) is 4.90. The van der Waals surface area contributed by atoms with E-state index >= 15 is 0 Å². The Bertz CT molecular complexity index is 326. The van der Waals surface area contributed by atoms with Crippen LogP contribution < -0.4 is 5.32 Å². The van der Waals surface area contributed by atoms with Crippen molar-refractivity contribution in [3.05, 3.63) is 0 Å². The van der Waals surface area contributed by atoms with Crippen LogP contribution in [0.5, 0.6) is 0 Å². The number of aliphatic imine (C=N–C) groups is 1. The van der Waals surface area contributed by atoms with E-state index in [0.717, 1.165) is 32.0 Å². The minimum Gasteiger partial charge on any atom is -0.381 e. The average Bonchev–Trinajstić information content (AvgIpc) is 2.39. The van der Waals surface area contributed by atoms with Gasteiger partial charge in [0.1, 0.15) is 0 Å². The van der Waals surface area contributed by atoms with Crippen LogP contribution >= 0.6 is 11.8 Å². The summed E-state index contributed by atoms with van der Waals surface area (Å²) in [6, 6.07) is 0.603. The molecule has 0 aromatic heterocycles. The Balaban J connectivity index is 1.63. The molecule has 1 saturated heterocycles. The van der Waals surface area contributed by atoms with E-state index in [0.29, 0.717) is 6.04 Å². The van der Waals surface area contributed by atoms with Crippen LogP contribution in [-0.4, -0.2) is 35.7 Å². The highest BCUT2D eigenvalue weighted by atomic mass is 32.2.